The Morgan fingerprint density at radius 2 is 2.25 bits per heavy atom. The molecule has 0 saturated carbocycles. The highest BCUT2D eigenvalue weighted by atomic mass is 16.4. The summed E-state index contributed by atoms with van der Waals surface area (Å²) in [7, 11) is 0. The lowest BCUT2D eigenvalue weighted by molar-refractivity contribution is -0.143. The van der Waals surface area contributed by atoms with Gasteiger partial charge in [0.2, 0.25) is 0 Å². The van der Waals surface area contributed by atoms with Crippen molar-refractivity contribution in [2.75, 3.05) is 6.54 Å². The number of aliphatic carboxylic acids is 1. The minimum Gasteiger partial charge on any atom is -0.480 e. The lowest BCUT2D eigenvalue weighted by Gasteiger charge is -2.22. The van der Waals surface area contributed by atoms with Gasteiger partial charge < -0.3 is 16.6 Å². The third-order valence-corrected chi connectivity index (χ3v) is 2.51. The van der Waals surface area contributed by atoms with Crippen LogP contribution in [-0.2, 0) is 4.79 Å². The second-order valence-electron chi connectivity index (χ2n) is 3.78. The Kier molecular flexibility index (Phi) is 6.41. The van der Waals surface area contributed by atoms with Crippen LogP contribution in [0.1, 0.15) is 32.6 Å². The Morgan fingerprint density at radius 1 is 1.62 bits per heavy atom. The molecule has 1 atom stereocenters. The molecule has 0 spiro atoms. The molecule has 0 aliphatic carbocycles. The Bertz CT molecular complexity index is 276. The number of amidine groups is 1. The maximum absolute atomic E-state index is 10.9. The minimum absolute atomic E-state index is 0.406. The molecule has 0 rings (SSSR count). The summed E-state index contributed by atoms with van der Waals surface area (Å²) in [5.41, 5.74) is 10.1. The van der Waals surface area contributed by atoms with E-state index in [-0.39, 0.29) is 0 Å². The number of carbonyl (C=O) groups is 1. The summed E-state index contributed by atoms with van der Waals surface area (Å²) in [6, 6.07) is 0. The third-order valence-electron chi connectivity index (χ3n) is 2.51. The van der Waals surface area contributed by atoms with E-state index < -0.39 is 11.5 Å². The van der Waals surface area contributed by atoms with Gasteiger partial charge in [0.15, 0.2) is 0 Å². The maximum atomic E-state index is 10.9. The molecule has 0 aliphatic rings. The van der Waals surface area contributed by atoms with Crippen LogP contribution in [-0.4, -0.2) is 29.0 Å². The monoisotopic (exact) mass is 227 g/mol. The molecule has 0 amide bonds. The van der Waals surface area contributed by atoms with Crippen molar-refractivity contribution in [1.82, 2.24) is 0 Å². The van der Waals surface area contributed by atoms with Crippen molar-refractivity contribution < 1.29 is 9.90 Å². The van der Waals surface area contributed by atoms with Crippen LogP contribution in [0.2, 0.25) is 0 Å². The summed E-state index contributed by atoms with van der Waals surface area (Å²) in [5, 5.41) is 8.93. The van der Waals surface area contributed by atoms with Crippen molar-refractivity contribution in [2.45, 2.75) is 38.1 Å². The van der Waals surface area contributed by atoms with Gasteiger partial charge in [0.25, 0.3) is 0 Å². The normalized spacial score (nSPS) is 15.5. The lowest BCUT2D eigenvalue weighted by Crippen LogP contribution is -2.47. The summed E-state index contributed by atoms with van der Waals surface area (Å²) in [4.78, 5) is 15.0. The standard InChI is InChI=1S/C11H21N3O2/c1-3-6-9(12)14-8-5-7-11(13,4-2)10(15)16/h3H,1,4-8,13H2,2H3,(H2,12,14)(H,15,16)/t11-/m0/s1. The summed E-state index contributed by atoms with van der Waals surface area (Å²) in [5.74, 6) is -0.442. The molecule has 5 N–H and O–H groups in total. The molecule has 5 nitrogen and oxygen atoms in total. The van der Waals surface area contributed by atoms with Crippen LogP contribution >= 0.6 is 0 Å². The molecular weight excluding hydrogens is 206 g/mol. The Labute approximate surface area is 96.2 Å². The first-order chi connectivity index (χ1) is 7.46. The number of aliphatic imine (C=N–C) groups is 1. The van der Waals surface area contributed by atoms with Crippen LogP contribution in [0.4, 0.5) is 0 Å². The van der Waals surface area contributed by atoms with Gasteiger partial charge in [0.1, 0.15) is 5.54 Å². The lowest BCUT2D eigenvalue weighted by atomic mass is 9.92. The summed E-state index contributed by atoms with van der Waals surface area (Å²) >= 11 is 0. The second-order valence-corrected chi connectivity index (χ2v) is 3.78. The zero-order valence-corrected chi connectivity index (χ0v) is 9.78. The van der Waals surface area contributed by atoms with Gasteiger partial charge in [-0.25, -0.2) is 0 Å². The fraction of sp³-hybridized carbons (Fsp3) is 0.636. The predicted octanol–water partition coefficient (Wildman–Crippen LogP) is 0.892. The number of hydrogen-bond acceptors (Lipinski definition) is 3. The largest absolute Gasteiger partial charge is 0.480 e. The highest BCUT2D eigenvalue weighted by molar-refractivity contribution is 5.81. The number of nitrogens with zero attached hydrogens (tertiary/aromatic N) is 1. The van der Waals surface area contributed by atoms with E-state index in [4.69, 9.17) is 16.6 Å². The van der Waals surface area contributed by atoms with Gasteiger partial charge in [-0.05, 0) is 19.3 Å². The number of rotatable bonds is 8. The van der Waals surface area contributed by atoms with Gasteiger partial charge in [-0.3, -0.25) is 9.79 Å². The Hall–Kier alpha value is -1.36. The van der Waals surface area contributed by atoms with E-state index in [1.165, 1.54) is 0 Å². The third kappa shape index (κ3) is 4.93. The Morgan fingerprint density at radius 3 is 2.69 bits per heavy atom. The van der Waals surface area contributed by atoms with Crippen molar-refractivity contribution in [1.29, 1.82) is 0 Å². The van der Waals surface area contributed by atoms with Gasteiger partial charge >= 0.3 is 5.97 Å². The number of hydrogen-bond donors (Lipinski definition) is 3. The summed E-state index contributed by atoms with van der Waals surface area (Å²) in [6.45, 7) is 5.82. The van der Waals surface area contributed by atoms with E-state index in [0.29, 0.717) is 38.1 Å². The molecule has 0 aromatic rings. The molecule has 0 aromatic carbocycles. The zero-order valence-electron chi connectivity index (χ0n) is 9.78. The molecular formula is C11H21N3O2. The van der Waals surface area contributed by atoms with E-state index >= 15 is 0 Å². The van der Waals surface area contributed by atoms with E-state index in [9.17, 15) is 4.79 Å². The first-order valence-corrected chi connectivity index (χ1v) is 5.38. The van der Waals surface area contributed by atoms with Gasteiger partial charge in [-0.15, -0.1) is 6.58 Å². The number of carboxylic acids is 1. The first-order valence-electron chi connectivity index (χ1n) is 5.38. The minimum atomic E-state index is -1.14. The predicted molar refractivity (Wildman–Crippen MR) is 65.4 cm³/mol. The van der Waals surface area contributed by atoms with E-state index in [1.54, 1.807) is 13.0 Å². The van der Waals surface area contributed by atoms with Crippen LogP contribution in [0.5, 0.6) is 0 Å². The second kappa shape index (κ2) is 7.00. The molecule has 0 unspecified atom stereocenters. The molecule has 5 heteroatoms. The van der Waals surface area contributed by atoms with Crippen molar-refractivity contribution >= 4 is 11.8 Å². The fourth-order valence-electron chi connectivity index (χ4n) is 1.26. The molecule has 0 radical (unpaired) electrons. The van der Waals surface area contributed by atoms with Gasteiger partial charge in [0.05, 0.1) is 5.84 Å². The quantitative estimate of drug-likeness (QED) is 0.248. The maximum Gasteiger partial charge on any atom is 0.323 e. The summed E-state index contributed by atoms with van der Waals surface area (Å²) in [6.07, 6.45) is 3.67. The average Bonchev–Trinajstić information content (AvgIpc) is 2.24. The van der Waals surface area contributed by atoms with Crippen LogP contribution in [0, 0.1) is 0 Å². The fourth-order valence-corrected chi connectivity index (χ4v) is 1.26. The SMILES string of the molecule is C=CCC(N)=NCCC[C@@](N)(CC)C(=O)O. The van der Waals surface area contributed by atoms with Crippen LogP contribution < -0.4 is 11.5 Å². The molecule has 92 valence electrons. The highest BCUT2D eigenvalue weighted by Crippen LogP contribution is 2.14. The number of carboxylic acid groups (broad SMARTS) is 1. The molecule has 0 saturated heterocycles. The molecule has 0 aliphatic heterocycles. The number of nitrogens with two attached hydrogens (primary N) is 2. The van der Waals surface area contributed by atoms with E-state index in [2.05, 4.69) is 11.6 Å². The Balaban J connectivity index is 4.01. The molecule has 16 heavy (non-hydrogen) atoms. The van der Waals surface area contributed by atoms with E-state index in [1.807, 2.05) is 0 Å². The molecule has 0 bridgehead atoms. The summed E-state index contributed by atoms with van der Waals surface area (Å²) < 4.78 is 0. The smallest absolute Gasteiger partial charge is 0.323 e. The van der Waals surface area contributed by atoms with Crippen molar-refractivity contribution in [3.05, 3.63) is 12.7 Å². The van der Waals surface area contributed by atoms with Crippen molar-refractivity contribution in [2.24, 2.45) is 16.5 Å². The van der Waals surface area contributed by atoms with Gasteiger partial charge in [0, 0.05) is 13.0 Å². The van der Waals surface area contributed by atoms with Crippen LogP contribution in [0.3, 0.4) is 0 Å². The van der Waals surface area contributed by atoms with Gasteiger partial charge in [-0.1, -0.05) is 13.0 Å². The van der Waals surface area contributed by atoms with Crippen LogP contribution in [0.15, 0.2) is 17.6 Å². The zero-order chi connectivity index (χ0) is 12.6. The first kappa shape index (κ1) is 14.6. The molecule has 0 fully saturated rings. The topological polar surface area (TPSA) is 102 Å². The van der Waals surface area contributed by atoms with Crippen molar-refractivity contribution in [3.63, 3.8) is 0 Å². The highest BCUT2D eigenvalue weighted by Gasteiger charge is 2.30. The van der Waals surface area contributed by atoms with Crippen LogP contribution in [0.25, 0.3) is 0 Å². The molecule has 0 heterocycles. The van der Waals surface area contributed by atoms with Gasteiger partial charge in [-0.2, -0.15) is 0 Å². The molecule has 0 aromatic heterocycles. The van der Waals surface area contributed by atoms with Crippen molar-refractivity contribution in [3.8, 4) is 0 Å². The van der Waals surface area contributed by atoms with E-state index in [0.717, 1.165) is 0 Å². The average molecular weight is 227 g/mol.